The molecule has 0 amide bonds. The lowest BCUT2D eigenvalue weighted by Gasteiger charge is -2.11. The van der Waals surface area contributed by atoms with Crippen molar-refractivity contribution in [3.8, 4) is 0 Å². The number of thioether (sulfide) groups is 1. The Balaban J connectivity index is 2.21. The number of halogens is 3. The highest BCUT2D eigenvalue weighted by molar-refractivity contribution is 8.14. The van der Waals surface area contributed by atoms with Crippen molar-refractivity contribution in [2.75, 3.05) is 13.4 Å². The second-order valence-corrected chi connectivity index (χ2v) is 6.72. The van der Waals surface area contributed by atoms with E-state index in [1.165, 1.54) is 25.5 Å². The molecule has 0 aromatic heterocycles. The summed E-state index contributed by atoms with van der Waals surface area (Å²) in [7, 11) is 1.45. The highest BCUT2D eigenvalue weighted by atomic mass is 32.2. The lowest BCUT2D eigenvalue weighted by molar-refractivity contribution is -0.137. The maximum Gasteiger partial charge on any atom is 0.416 e. The summed E-state index contributed by atoms with van der Waals surface area (Å²) in [5.41, 5.74) is 1.59. The number of alkyl halides is 3. The van der Waals surface area contributed by atoms with Crippen LogP contribution in [-0.4, -0.2) is 24.2 Å². The van der Waals surface area contributed by atoms with Crippen LogP contribution in [0.3, 0.4) is 0 Å². The highest BCUT2D eigenvalue weighted by Crippen LogP contribution is 2.30. The van der Waals surface area contributed by atoms with Gasteiger partial charge in [-0.2, -0.15) is 13.2 Å². The molecule has 0 radical (unpaired) electrons. The maximum absolute atomic E-state index is 12.9. The van der Waals surface area contributed by atoms with Crippen LogP contribution in [0.1, 0.15) is 29.2 Å². The lowest BCUT2D eigenvalue weighted by Crippen LogP contribution is -2.07. The Morgan fingerprint density at radius 2 is 1.90 bits per heavy atom. The molecule has 29 heavy (non-hydrogen) atoms. The number of carbonyl (C=O) groups is 1. The fraction of sp³-hybridized carbons (Fsp3) is 0.238. The van der Waals surface area contributed by atoms with Crippen molar-refractivity contribution < 1.29 is 27.5 Å². The summed E-state index contributed by atoms with van der Waals surface area (Å²) in [5, 5.41) is 3.77. The van der Waals surface area contributed by atoms with E-state index >= 15 is 0 Å². The Morgan fingerprint density at radius 1 is 1.17 bits per heavy atom. The summed E-state index contributed by atoms with van der Waals surface area (Å²) in [6, 6.07) is 12.0. The van der Waals surface area contributed by atoms with Gasteiger partial charge in [-0.15, -0.1) is 0 Å². The van der Waals surface area contributed by atoms with Gasteiger partial charge < -0.3 is 9.57 Å². The Morgan fingerprint density at radius 3 is 2.55 bits per heavy atom. The average Bonchev–Trinajstić information content (AvgIpc) is 2.71. The second kappa shape index (κ2) is 10.2. The van der Waals surface area contributed by atoms with Crippen LogP contribution < -0.4 is 0 Å². The molecule has 2 aromatic rings. The number of oxime groups is 1. The molecule has 0 bridgehead atoms. The third kappa shape index (κ3) is 6.12. The van der Waals surface area contributed by atoms with Crippen molar-refractivity contribution in [3.05, 3.63) is 77.0 Å². The summed E-state index contributed by atoms with van der Waals surface area (Å²) < 4.78 is 43.6. The molecule has 2 rings (SSSR count). The molecule has 0 N–H and O–H groups in total. The number of nitrogens with zero attached hydrogens (tertiary/aromatic N) is 1. The van der Waals surface area contributed by atoms with Gasteiger partial charge in [0.25, 0.3) is 0 Å². The molecule has 0 aliphatic carbocycles. The molecule has 0 fully saturated rings. The second-order valence-electron chi connectivity index (χ2n) is 5.94. The highest BCUT2D eigenvalue weighted by Gasteiger charge is 2.30. The van der Waals surface area contributed by atoms with Gasteiger partial charge in [0.2, 0.25) is 5.12 Å². The smallest absolute Gasteiger partial charge is 0.416 e. The predicted octanol–water partition coefficient (Wildman–Crippen LogP) is 5.52. The first-order chi connectivity index (χ1) is 13.8. The lowest BCUT2D eigenvalue weighted by atomic mass is 10.0. The van der Waals surface area contributed by atoms with Crippen molar-refractivity contribution in [3.63, 3.8) is 0 Å². The molecule has 0 aliphatic rings. The molecule has 8 heteroatoms. The number of rotatable bonds is 7. The number of benzene rings is 2. The predicted molar refractivity (Wildman–Crippen MR) is 108 cm³/mol. The van der Waals surface area contributed by atoms with Gasteiger partial charge in [-0.3, -0.25) is 4.79 Å². The monoisotopic (exact) mass is 423 g/mol. The van der Waals surface area contributed by atoms with Gasteiger partial charge in [-0.1, -0.05) is 53.3 Å². The Labute approximate surface area is 171 Å². The van der Waals surface area contributed by atoms with Crippen LogP contribution in [0.25, 0.3) is 5.57 Å². The van der Waals surface area contributed by atoms with Gasteiger partial charge in [-0.05, 0) is 36.4 Å². The van der Waals surface area contributed by atoms with Crippen LogP contribution in [0.15, 0.2) is 59.9 Å². The zero-order valence-corrected chi connectivity index (χ0v) is 16.9. The van der Waals surface area contributed by atoms with E-state index < -0.39 is 11.7 Å². The molecule has 0 atom stereocenters. The van der Waals surface area contributed by atoms with E-state index in [0.29, 0.717) is 28.0 Å². The molecule has 0 unspecified atom stereocenters. The molecular weight excluding hydrogens is 403 g/mol. The Hall–Kier alpha value is -2.74. The molecule has 0 saturated heterocycles. The molecule has 0 heterocycles. The number of methoxy groups -OCH3 is 1. The summed E-state index contributed by atoms with van der Waals surface area (Å²) >= 11 is 1.06. The molecule has 0 saturated carbocycles. The summed E-state index contributed by atoms with van der Waals surface area (Å²) in [5.74, 6) is 0. The number of carbonyl (C=O) groups excluding carboxylic acids is 1. The first kappa shape index (κ1) is 22.5. The van der Waals surface area contributed by atoms with E-state index in [-0.39, 0.29) is 11.7 Å². The Bertz CT molecular complexity index is 923. The quantitative estimate of drug-likeness (QED) is 0.255. The number of hydrogen-bond donors (Lipinski definition) is 0. The topological polar surface area (TPSA) is 47.9 Å². The minimum absolute atomic E-state index is 0.0369. The van der Waals surface area contributed by atoms with Crippen LogP contribution >= 0.6 is 11.8 Å². The molecule has 0 aliphatic heterocycles. The Kier molecular flexibility index (Phi) is 7.90. The summed E-state index contributed by atoms with van der Waals surface area (Å²) in [4.78, 5) is 17.6. The molecule has 0 spiro atoms. The van der Waals surface area contributed by atoms with Crippen LogP contribution in [-0.2, 0) is 27.2 Å². The van der Waals surface area contributed by atoms with E-state index in [0.717, 1.165) is 23.9 Å². The van der Waals surface area contributed by atoms with Crippen LogP contribution in [0.5, 0.6) is 0 Å². The van der Waals surface area contributed by atoms with Gasteiger partial charge in [0, 0.05) is 5.56 Å². The van der Waals surface area contributed by atoms with Gasteiger partial charge in [0.05, 0.1) is 30.2 Å². The number of ether oxygens (including phenoxy) is 1. The first-order valence-corrected chi connectivity index (χ1v) is 9.74. The fourth-order valence-electron chi connectivity index (χ4n) is 2.53. The first-order valence-electron chi connectivity index (χ1n) is 8.51. The third-order valence-corrected chi connectivity index (χ3v) is 4.57. The van der Waals surface area contributed by atoms with Gasteiger partial charge in [0.15, 0.2) is 0 Å². The number of hydrogen-bond acceptors (Lipinski definition) is 5. The van der Waals surface area contributed by atoms with Gasteiger partial charge in [0.1, 0.15) is 6.61 Å². The van der Waals surface area contributed by atoms with Gasteiger partial charge in [-0.25, -0.2) is 0 Å². The van der Waals surface area contributed by atoms with E-state index in [2.05, 4.69) is 5.16 Å². The minimum atomic E-state index is -4.43. The maximum atomic E-state index is 12.9. The van der Waals surface area contributed by atoms with Crippen molar-refractivity contribution in [2.45, 2.75) is 19.7 Å². The zero-order chi connectivity index (χ0) is 21.4. The van der Waals surface area contributed by atoms with Crippen molar-refractivity contribution in [1.82, 2.24) is 0 Å². The molecular formula is C21H20F3NO3S. The summed E-state index contributed by atoms with van der Waals surface area (Å²) in [6.45, 7) is 1.60. The third-order valence-electron chi connectivity index (χ3n) is 3.98. The van der Waals surface area contributed by atoms with Crippen LogP contribution in [0.4, 0.5) is 13.2 Å². The SMILES string of the molecule is COC=C(C(=O)SC)c1ccccc1CON=C(C)c1cccc(C(F)(F)F)c1. The van der Waals surface area contributed by atoms with Crippen molar-refractivity contribution in [2.24, 2.45) is 5.16 Å². The molecule has 2 aromatic carbocycles. The van der Waals surface area contributed by atoms with Crippen LogP contribution in [0, 0.1) is 0 Å². The fourth-order valence-corrected chi connectivity index (χ4v) is 2.91. The standard InChI is InChI=1S/C21H20F3NO3S/c1-14(15-8-6-9-17(11-15)21(22,23)24)25-28-12-16-7-4-5-10-18(16)19(13-27-2)20(26)29-3/h4-11,13H,12H2,1-3H3. The molecule has 4 nitrogen and oxygen atoms in total. The largest absolute Gasteiger partial charge is 0.504 e. The van der Waals surface area contributed by atoms with E-state index in [1.807, 2.05) is 0 Å². The van der Waals surface area contributed by atoms with Crippen molar-refractivity contribution >= 4 is 28.2 Å². The average molecular weight is 423 g/mol. The van der Waals surface area contributed by atoms with Crippen molar-refractivity contribution in [1.29, 1.82) is 0 Å². The summed E-state index contributed by atoms with van der Waals surface area (Å²) in [6.07, 6.45) is -1.38. The minimum Gasteiger partial charge on any atom is -0.504 e. The van der Waals surface area contributed by atoms with Gasteiger partial charge >= 0.3 is 6.18 Å². The zero-order valence-electron chi connectivity index (χ0n) is 16.1. The normalized spacial score (nSPS) is 12.6. The van der Waals surface area contributed by atoms with E-state index in [1.54, 1.807) is 37.4 Å². The van der Waals surface area contributed by atoms with Crippen LogP contribution in [0.2, 0.25) is 0 Å². The van der Waals surface area contributed by atoms with E-state index in [4.69, 9.17) is 9.57 Å². The molecule has 154 valence electrons. The van der Waals surface area contributed by atoms with E-state index in [9.17, 15) is 18.0 Å².